The van der Waals surface area contributed by atoms with Crippen molar-refractivity contribution in [2.75, 3.05) is 10.6 Å². The number of anilines is 2. The van der Waals surface area contributed by atoms with Crippen molar-refractivity contribution in [3.8, 4) is 17.0 Å². The highest BCUT2D eigenvalue weighted by molar-refractivity contribution is 5.83. The number of hydrogen-bond acceptors (Lipinski definition) is 6. The Kier molecular flexibility index (Phi) is 6.31. The first-order valence-corrected chi connectivity index (χ1v) is 11.3. The van der Waals surface area contributed by atoms with Crippen LogP contribution in [0.5, 0.6) is 5.75 Å². The molecule has 1 aromatic carbocycles. The Balaban J connectivity index is 1.52. The second kappa shape index (κ2) is 9.39. The smallest absolute Gasteiger partial charge is 0.406 e. The fourth-order valence-electron chi connectivity index (χ4n) is 4.67. The third-order valence-electron chi connectivity index (χ3n) is 6.34. The van der Waals surface area contributed by atoms with Crippen LogP contribution in [0.1, 0.15) is 23.2 Å². The van der Waals surface area contributed by atoms with E-state index < -0.39 is 41.2 Å². The number of carbonyl (C=O) groups excluding carboxylic acids is 1. The number of carbonyl (C=O) groups is 1. The fraction of sp³-hybridized carbons (Fsp3) is 0.250. The number of fused-ring (bicyclic) bond motifs is 2. The number of aromatic nitrogens is 4. The quantitative estimate of drug-likeness (QED) is 0.277. The van der Waals surface area contributed by atoms with Crippen LogP contribution in [-0.2, 0) is 23.8 Å². The third kappa shape index (κ3) is 5.03. The van der Waals surface area contributed by atoms with E-state index in [1.807, 2.05) is 0 Å². The number of aryl methyl sites for hydroxylation is 1. The van der Waals surface area contributed by atoms with Crippen LogP contribution in [0.4, 0.5) is 42.2 Å². The topological polar surface area (TPSA) is 98.6 Å². The number of halogens is 7. The number of alkyl halides is 6. The zero-order chi connectivity index (χ0) is 28.1. The SMILES string of the molecule is Nc1ncnn2c(-c3cnc4c(c3)N(C=O)C(Cc3cc(OC(F)(F)F)ccc3F)CC4)cc(C(F)(F)F)c12. The van der Waals surface area contributed by atoms with E-state index in [4.69, 9.17) is 5.73 Å². The van der Waals surface area contributed by atoms with Gasteiger partial charge in [-0.3, -0.25) is 9.78 Å². The molecule has 0 spiro atoms. The number of ether oxygens (including phenoxy) is 1. The molecule has 0 radical (unpaired) electrons. The molecule has 1 amide bonds. The molecule has 0 saturated heterocycles. The molecule has 3 aromatic heterocycles. The van der Waals surface area contributed by atoms with E-state index in [0.717, 1.165) is 35.1 Å². The van der Waals surface area contributed by atoms with E-state index in [-0.39, 0.29) is 34.7 Å². The number of rotatable bonds is 5. The predicted octanol–water partition coefficient (Wildman–Crippen LogP) is 4.95. The molecule has 1 aliphatic rings. The maximum Gasteiger partial charge on any atom is 0.573 e. The second-order valence-corrected chi connectivity index (χ2v) is 8.75. The molecule has 8 nitrogen and oxygen atoms in total. The Bertz CT molecular complexity index is 1570. The van der Waals surface area contributed by atoms with E-state index in [2.05, 4.69) is 19.8 Å². The van der Waals surface area contributed by atoms with Gasteiger partial charge in [0.05, 0.1) is 22.6 Å². The van der Waals surface area contributed by atoms with Crippen LogP contribution in [-0.4, -0.2) is 38.4 Å². The van der Waals surface area contributed by atoms with Crippen molar-refractivity contribution < 1.29 is 40.3 Å². The molecule has 1 atom stereocenters. The lowest BCUT2D eigenvalue weighted by atomic mass is 9.93. The minimum Gasteiger partial charge on any atom is -0.406 e. The van der Waals surface area contributed by atoms with Crippen LogP contribution >= 0.6 is 0 Å². The van der Waals surface area contributed by atoms with Gasteiger partial charge in [-0.15, -0.1) is 13.2 Å². The lowest BCUT2D eigenvalue weighted by Crippen LogP contribution is -2.40. The van der Waals surface area contributed by atoms with Gasteiger partial charge in [0, 0.05) is 17.8 Å². The lowest BCUT2D eigenvalue weighted by molar-refractivity contribution is -0.274. The average Bonchev–Trinajstić information content (AvgIpc) is 3.26. The van der Waals surface area contributed by atoms with Crippen LogP contribution in [0.15, 0.2) is 42.9 Å². The highest BCUT2D eigenvalue weighted by Gasteiger charge is 2.37. The first-order valence-electron chi connectivity index (χ1n) is 11.3. The highest BCUT2D eigenvalue weighted by atomic mass is 19.4. The van der Waals surface area contributed by atoms with Crippen molar-refractivity contribution in [3.63, 3.8) is 0 Å². The summed E-state index contributed by atoms with van der Waals surface area (Å²) in [4.78, 5) is 21.3. The predicted molar refractivity (Wildman–Crippen MR) is 123 cm³/mol. The molecule has 2 N–H and O–H groups in total. The van der Waals surface area contributed by atoms with Crippen LogP contribution in [0.2, 0.25) is 0 Å². The van der Waals surface area contributed by atoms with Crippen molar-refractivity contribution >= 4 is 23.4 Å². The van der Waals surface area contributed by atoms with Gasteiger partial charge in [-0.2, -0.15) is 18.3 Å². The van der Waals surface area contributed by atoms with E-state index >= 15 is 0 Å². The molecule has 0 aliphatic carbocycles. The van der Waals surface area contributed by atoms with Gasteiger partial charge in [0.2, 0.25) is 6.41 Å². The van der Waals surface area contributed by atoms with Crippen molar-refractivity contribution in [1.29, 1.82) is 0 Å². The molecule has 39 heavy (non-hydrogen) atoms. The van der Waals surface area contributed by atoms with Gasteiger partial charge in [-0.05, 0) is 55.2 Å². The number of nitrogens with zero attached hydrogens (tertiary/aromatic N) is 5. The monoisotopic (exact) mass is 554 g/mol. The van der Waals surface area contributed by atoms with Gasteiger partial charge >= 0.3 is 12.5 Å². The molecule has 0 fully saturated rings. The van der Waals surface area contributed by atoms with Crippen LogP contribution in [0.3, 0.4) is 0 Å². The summed E-state index contributed by atoms with van der Waals surface area (Å²) in [6.07, 6.45) is -6.48. The summed E-state index contributed by atoms with van der Waals surface area (Å²) in [5.41, 5.74) is 4.97. The van der Waals surface area contributed by atoms with E-state index in [1.54, 1.807) is 0 Å². The maximum atomic E-state index is 14.5. The molecule has 0 saturated carbocycles. The molecule has 4 heterocycles. The Morgan fingerprint density at radius 2 is 1.87 bits per heavy atom. The van der Waals surface area contributed by atoms with Gasteiger partial charge in [0.15, 0.2) is 5.82 Å². The molecule has 1 aliphatic heterocycles. The average molecular weight is 554 g/mol. The van der Waals surface area contributed by atoms with Gasteiger partial charge < -0.3 is 15.4 Å². The van der Waals surface area contributed by atoms with E-state index in [1.165, 1.54) is 17.2 Å². The first-order chi connectivity index (χ1) is 18.4. The highest BCUT2D eigenvalue weighted by Crippen LogP contribution is 2.40. The van der Waals surface area contributed by atoms with Gasteiger partial charge in [0.1, 0.15) is 23.4 Å². The second-order valence-electron chi connectivity index (χ2n) is 8.75. The zero-order valence-electron chi connectivity index (χ0n) is 19.6. The van der Waals surface area contributed by atoms with Crippen LogP contribution in [0.25, 0.3) is 16.8 Å². The van der Waals surface area contributed by atoms with Gasteiger partial charge in [-0.25, -0.2) is 13.9 Å². The maximum absolute atomic E-state index is 14.5. The summed E-state index contributed by atoms with van der Waals surface area (Å²) in [5.74, 6) is -1.79. The Morgan fingerprint density at radius 3 is 2.56 bits per heavy atom. The summed E-state index contributed by atoms with van der Waals surface area (Å²) in [7, 11) is 0. The number of pyridine rings is 1. The summed E-state index contributed by atoms with van der Waals surface area (Å²) in [6.45, 7) is 0. The summed E-state index contributed by atoms with van der Waals surface area (Å²) in [5, 5.41) is 3.90. The lowest BCUT2D eigenvalue weighted by Gasteiger charge is -2.34. The zero-order valence-corrected chi connectivity index (χ0v) is 19.6. The molecule has 5 rings (SSSR count). The normalized spacial score (nSPS) is 15.9. The van der Waals surface area contributed by atoms with E-state index in [9.17, 15) is 35.5 Å². The Hall–Kier alpha value is -4.43. The molecule has 15 heteroatoms. The van der Waals surface area contributed by atoms with Crippen molar-refractivity contribution in [3.05, 3.63) is 65.5 Å². The van der Waals surface area contributed by atoms with Crippen LogP contribution in [0, 0.1) is 5.82 Å². The molecule has 4 aromatic rings. The number of amides is 1. The standard InChI is InChI=1S/C24H17F7N6O2/c25-17-3-2-15(39-24(29,30)31)6-12(17)5-14-1-4-18-20(36(14)11-38)7-13(9-33-18)19-8-16(23(26,27)28)21-22(32)34-10-35-37(19)21/h2-3,6-11,14H,1,4-5H2,(H2,32,34,35). The Labute approximate surface area is 214 Å². The number of hydrogen-bond donors (Lipinski definition) is 1. The van der Waals surface area contributed by atoms with Crippen molar-refractivity contribution in [1.82, 2.24) is 19.6 Å². The number of benzene rings is 1. The molecule has 1 unspecified atom stereocenters. The number of nitrogen functional groups attached to an aromatic ring is 1. The summed E-state index contributed by atoms with van der Waals surface area (Å²) in [6, 6.07) is 4.19. The number of nitrogens with two attached hydrogens (primary N) is 1. The van der Waals surface area contributed by atoms with Gasteiger partial charge in [0.25, 0.3) is 0 Å². The molecular weight excluding hydrogens is 537 g/mol. The van der Waals surface area contributed by atoms with Crippen LogP contribution < -0.4 is 15.4 Å². The molecular formula is C24H17F7N6O2. The van der Waals surface area contributed by atoms with Crippen molar-refractivity contribution in [2.45, 2.75) is 37.8 Å². The Morgan fingerprint density at radius 1 is 1.10 bits per heavy atom. The van der Waals surface area contributed by atoms with E-state index in [0.29, 0.717) is 24.9 Å². The van der Waals surface area contributed by atoms with Gasteiger partial charge in [-0.1, -0.05) is 0 Å². The summed E-state index contributed by atoms with van der Waals surface area (Å²) >= 11 is 0. The minimum absolute atomic E-state index is 0.0160. The molecule has 0 bridgehead atoms. The molecule has 204 valence electrons. The minimum atomic E-state index is -4.97. The summed E-state index contributed by atoms with van der Waals surface area (Å²) < 4.78 is 98.4. The fourth-order valence-corrected chi connectivity index (χ4v) is 4.67. The van der Waals surface area contributed by atoms with Crippen molar-refractivity contribution in [2.24, 2.45) is 0 Å². The third-order valence-corrected chi connectivity index (χ3v) is 6.34. The first kappa shape index (κ1) is 26.2. The largest absolute Gasteiger partial charge is 0.573 e.